The number of nitrogens with zero attached hydrogens (tertiary/aromatic N) is 1. The molecule has 2 aliphatic rings. The molecule has 0 unspecified atom stereocenters. The molecule has 0 saturated heterocycles. The number of fused-ring (bicyclic) bond motifs is 1. The molecular formula is C18H27NO. The van der Waals surface area contributed by atoms with Gasteiger partial charge in [0.2, 0.25) is 0 Å². The van der Waals surface area contributed by atoms with Crippen LogP contribution < -0.4 is 0 Å². The van der Waals surface area contributed by atoms with Crippen LogP contribution in [0.2, 0.25) is 0 Å². The van der Waals surface area contributed by atoms with Crippen molar-refractivity contribution >= 4 is 5.78 Å². The molecular weight excluding hydrogens is 246 g/mol. The van der Waals surface area contributed by atoms with Gasteiger partial charge in [0.1, 0.15) is 0 Å². The van der Waals surface area contributed by atoms with Crippen molar-refractivity contribution < 1.29 is 4.79 Å². The third-order valence-electron chi connectivity index (χ3n) is 5.27. The highest BCUT2D eigenvalue weighted by atomic mass is 16.1. The van der Waals surface area contributed by atoms with Crippen molar-refractivity contribution in [3.63, 3.8) is 0 Å². The van der Waals surface area contributed by atoms with Crippen molar-refractivity contribution in [2.75, 3.05) is 0 Å². The minimum Gasteiger partial charge on any atom is -0.345 e. The number of hydrogen-bond acceptors (Lipinski definition) is 1. The van der Waals surface area contributed by atoms with Crippen molar-refractivity contribution in [1.29, 1.82) is 0 Å². The first-order valence-electron chi connectivity index (χ1n) is 8.11. The minimum absolute atomic E-state index is 0.120. The lowest BCUT2D eigenvalue weighted by atomic mass is 9.76. The van der Waals surface area contributed by atoms with Crippen LogP contribution in [0.5, 0.6) is 0 Å². The van der Waals surface area contributed by atoms with E-state index in [4.69, 9.17) is 0 Å². The Balaban J connectivity index is 1.98. The maximum atomic E-state index is 12.4. The molecule has 0 aromatic carbocycles. The summed E-state index contributed by atoms with van der Waals surface area (Å²) in [6.07, 6.45) is 6.96. The zero-order chi connectivity index (χ0) is 14.5. The molecule has 2 nitrogen and oxygen atoms in total. The lowest BCUT2D eigenvalue weighted by Gasteiger charge is -2.34. The van der Waals surface area contributed by atoms with Gasteiger partial charge in [0.05, 0.1) is 0 Å². The van der Waals surface area contributed by atoms with E-state index in [1.54, 1.807) is 0 Å². The van der Waals surface area contributed by atoms with E-state index in [1.165, 1.54) is 37.1 Å². The smallest absolute Gasteiger partial charge is 0.165 e. The predicted molar refractivity (Wildman–Crippen MR) is 82.3 cm³/mol. The molecule has 0 radical (unpaired) electrons. The largest absolute Gasteiger partial charge is 0.345 e. The summed E-state index contributed by atoms with van der Waals surface area (Å²) in [4.78, 5) is 12.4. The SMILES string of the molecule is Cc1cc2c(n1C1CCC(C)CC1)CC(C)(C)CC2=O. The molecule has 3 rings (SSSR count). The second kappa shape index (κ2) is 4.75. The molecule has 2 heteroatoms. The molecule has 20 heavy (non-hydrogen) atoms. The van der Waals surface area contributed by atoms with Crippen LogP contribution in [0.1, 0.15) is 80.7 Å². The predicted octanol–water partition coefficient (Wildman–Crippen LogP) is 4.70. The first-order chi connectivity index (χ1) is 9.37. The van der Waals surface area contributed by atoms with Crippen LogP contribution in [0.3, 0.4) is 0 Å². The fourth-order valence-electron chi connectivity index (χ4n) is 4.18. The lowest BCUT2D eigenvalue weighted by Crippen LogP contribution is -2.29. The van der Waals surface area contributed by atoms with Gasteiger partial charge in [0.15, 0.2) is 5.78 Å². The average molecular weight is 273 g/mol. The maximum absolute atomic E-state index is 12.4. The van der Waals surface area contributed by atoms with Gasteiger partial charge in [-0.2, -0.15) is 0 Å². The van der Waals surface area contributed by atoms with Gasteiger partial charge in [0, 0.05) is 29.4 Å². The van der Waals surface area contributed by atoms with Gasteiger partial charge in [-0.3, -0.25) is 4.79 Å². The number of rotatable bonds is 1. The van der Waals surface area contributed by atoms with Crippen molar-refractivity contribution in [2.24, 2.45) is 11.3 Å². The Morgan fingerprint density at radius 2 is 1.80 bits per heavy atom. The Morgan fingerprint density at radius 3 is 2.45 bits per heavy atom. The van der Waals surface area contributed by atoms with Crippen molar-refractivity contribution in [1.82, 2.24) is 4.57 Å². The molecule has 0 spiro atoms. The zero-order valence-corrected chi connectivity index (χ0v) is 13.3. The van der Waals surface area contributed by atoms with Gasteiger partial charge in [-0.25, -0.2) is 0 Å². The van der Waals surface area contributed by atoms with E-state index in [1.807, 2.05) is 0 Å². The Bertz CT molecular complexity index is 530. The van der Waals surface area contributed by atoms with E-state index in [2.05, 4.69) is 38.3 Å². The van der Waals surface area contributed by atoms with E-state index < -0.39 is 0 Å². The van der Waals surface area contributed by atoms with Gasteiger partial charge in [-0.15, -0.1) is 0 Å². The number of carbonyl (C=O) groups is 1. The van der Waals surface area contributed by atoms with Crippen LogP contribution >= 0.6 is 0 Å². The van der Waals surface area contributed by atoms with Gasteiger partial charge in [-0.05, 0) is 56.4 Å². The number of aromatic nitrogens is 1. The average Bonchev–Trinajstić information content (AvgIpc) is 2.66. The van der Waals surface area contributed by atoms with Crippen molar-refractivity contribution in [2.45, 2.75) is 72.3 Å². The third-order valence-corrected chi connectivity index (χ3v) is 5.27. The molecule has 110 valence electrons. The third kappa shape index (κ3) is 2.34. The number of ketones is 1. The van der Waals surface area contributed by atoms with E-state index in [0.717, 1.165) is 17.9 Å². The minimum atomic E-state index is 0.120. The van der Waals surface area contributed by atoms with Crippen LogP contribution in [0.4, 0.5) is 0 Å². The molecule has 1 fully saturated rings. The normalized spacial score (nSPS) is 29.3. The number of Topliss-reactive ketones (excluding diaryl/α,β-unsaturated/α-hetero) is 1. The summed E-state index contributed by atoms with van der Waals surface area (Å²) >= 11 is 0. The van der Waals surface area contributed by atoms with Crippen molar-refractivity contribution in [3.8, 4) is 0 Å². The molecule has 0 bridgehead atoms. The molecule has 0 aliphatic heterocycles. The summed E-state index contributed by atoms with van der Waals surface area (Å²) in [5, 5.41) is 0. The van der Waals surface area contributed by atoms with Crippen LogP contribution in [-0.2, 0) is 6.42 Å². The summed E-state index contributed by atoms with van der Waals surface area (Å²) < 4.78 is 2.51. The Kier molecular flexibility index (Phi) is 3.30. The summed E-state index contributed by atoms with van der Waals surface area (Å²) in [6, 6.07) is 2.77. The Hall–Kier alpha value is -1.05. The summed E-state index contributed by atoms with van der Waals surface area (Å²) in [7, 11) is 0. The highest BCUT2D eigenvalue weighted by Gasteiger charge is 2.35. The summed E-state index contributed by atoms with van der Waals surface area (Å²) in [6.45, 7) is 8.99. The first-order valence-corrected chi connectivity index (χ1v) is 8.11. The van der Waals surface area contributed by atoms with Crippen LogP contribution in [-0.4, -0.2) is 10.4 Å². The summed E-state index contributed by atoms with van der Waals surface area (Å²) in [5.41, 5.74) is 3.75. The molecule has 0 amide bonds. The number of carbonyl (C=O) groups excluding carboxylic acids is 1. The van der Waals surface area contributed by atoms with Gasteiger partial charge in [0.25, 0.3) is 0 Å². The highest BCUT2D eigenvalue weighted by molar-refractivity contribution is 5.99. The molecule has 1 aromatic heterocycles. The standard InChI is InChI=1S/C18H27NO/c1-12-5-7-14(8-6-12)19-13(2)9-15-16(19)10-18(3,4)11-17(15)20/h9,12,14H,5-8,10-11H2,1-4H3. The maximum Gasteiger partial charge on any atom is 0.165 e. The molecule has 1 heterocycles. The molecule has 0 N–H and O–H groups in total. The van der Waals surface area contributed by atoms with Gasteiger partial charge in [-0.1, -0.05) is 20.8 Å². The highest BCUT2D eigenvalue weighted by Crippen LogP contribution is 2.40. The topological polar surface area (TPSA) is 22.0 Å². The van der Waals surface area contributed by atoms with Gasteiger partial charge < -0.3 is 4.57 Å². The van der Waals surface area contributed by atoms with E-state index in [0.29, 0.717) is 18.2 Å². The van der Waals surface area contributed by atoms with Gasteiger partial charge >= 0.3 is 0 Å². The first kappa shape index (κ1) is 13.9. The fraction of sp³-hybridized carbons (Fsp3) is 0.722. The molecule has 1 aromatic rings. The molecule has 0 atom stereocenters. The fourth-order valence-corrected chi connectivity index (χ4v) is 4.18. The van der Waals surface area contributed by atoms with Crippen molar-refractivity contribution in [3.05, 3.63) is 23.0 Å². The Morgan fingerprint density at radius 1 is 1.15 bits per heavy atom. The second-order valence-electron chi connectivity index (χ2n) is 7.87. The monoisotopic (exact) mass is 273 g/mol. The Labute approximate surface area is 122 Å². The van der Waals surface area contributed by atoms with Crippen LogP contribution in [0.15, 0.2) is 6.07 Å². The van der Waals surface area contributed by atoms with E-state index in [9.17, 15) is 4.79 Å². The summed E-state index contributed by atoms with van der Waals surface area (Å²) in [5.74, 6) is 1.22. The molecule has 2 aliphatic carbocycles. The van der Waals surface area contributed by atoms with Crippen LogP contribution in [0.25, 0.3) is 0 Å². The van der Waals surface area contributed by atoms with Crippen LogP contribution in [0, 0.1) is 18.3 Å². The van der Waals surface area contributed by atoms with E-state index in [-0.39, 0.29) is 5.41 Å². The lowest BCUT2D eigenvalue weighted by molar-refractivity contribution is 0.0908. The zero-order valence-electron chi connectivity index (χ0n) is 13.3. The quantitative estimate of drug-likeness (QED) is 0.726. The van der Waals surface area contributed by atoms with E-state index >= 15 is 0 Å². The second-order valence-corrected chi connectivity index (χ2v) is 7.87. The number of aryl methyl sites for hydroxylation is 1. The molecule has 1 saturated carbocycles. The number of hydrogen-bond donors (Lipinski definition) is 0.